The highest BCUT2D eigenvalue weighted by Crippen LogP contribution is 2.32. The second-order valence-corrected chi connectivity index (χ2v) is 5.56. The Hall–Kier alpha value is -1.42. The van der Waals surface area contributed by atoms with Gasteiger partial charge in [-0.3, -0.25) is 4.98 Å². The third kappa shape index (κ3) is 2.38. The van der Waals surface area contributed by atoms with Crippen molar-refractivity contribution >= 4 is 11.8 Å². The fourth-order valence-electron chi connectivity index (χ4n) is 2.28. The van der Waals surface area contributed by atoms with Gasteiger partial charge < -0.3 is 0 Å². The number of hydrogen-bond donors (Lipinski definition) is 0. The van der Waals surface area contributed by atoms with Crippen molar-refractivity contribution in [3.8, 4) is 0 Å². The zero-order valence-corrected chi connectivity index (χ0v) is 11.2. The predicted octanol–water partition coefficient (Wildman–Crippen LogP) is 3.21. The molecule has 0 fully saturated rings. The molecule has 2 aromatic heterocycles. The van der Waals surface area contributed by atoms with Crippen molar-refractivity contribution < 1.29 is 0 Å². The number of aromatic nitrogens is 3. The minimum Gasteiger partial charge on any atom is -0.265 e. The minimum atomic E-state index is 0.882. The maximum absolute atomic E-state index is 4.61. The van der Waals surface area contributed by atoms with Gasteiger partial charge in [0.1, 0.15) is 10.9 Å². The quantitative estimate of drug-likeness (QED) is 0.774. The first-order valence-corrected chi connectivity index (χ1v) is 7.09. The lowest BCUT2D eigenvalue weighted by Gasteiger charge is -2.17. The predicted molar refractivity (Wildman–Crippen MR) is 71.8 cm³/mol. The Bertz CT molecular complexity index is 554. The molecular weight excluding hydrogens is 242 g/mol. The van der Waals surface area contributed by atoms with Crippen LogP contribution in [0.4, 0.5) is 0 Å². The monoisotopic (exact) mass is 257 g/mol. The van der Waals surface area contributed by atoms with Gasteiger partial charge in [-0.25, -0.2) is 9.97 Å². The van der Waals surface area contributed by atoms with Crippen LogP contribution in [0.5, 0.6) is 0 Å². The van der Waals surface area contributed by atoms with E-state index in [-0.39, 0.29) is 0 Å². The zero-order chi connectivity index (χ0) is 12.4. The van der Waals surface area contributed by atoms with Gasteiger partial charge >= 0.3 is 0 Å². The Balaban J connectivity index is 1.98. The second kappa shape index (κ2) is 5.06. The second-order valence-electron chi connectivity index (χ2n) is 4.49. The van der Waals surface area contributed by atoms with E-state index in [1.165, 1.54) is 29.0 Å². The molecule has 0 aliphatic heterocycles. The van der Waals surface area contributed by atoms with Crippen LogP contribution < -0.4 is 0 Å². The molecule has 3 nitrogen and oxygen atoms in total. The topological polar surface area (TPSA) is 38.7 Å². The van der Waals surface area contributed by atoms with Crippen molar-refractivity contribution in [1.29, 1.82) is 0 Å². The molecule has 4 heteroatoms. The Morgan fingerprint density at radius 1 is 1.06 bits per heavy atom. The van der Waals surface area contributed by atoms with E-state index in [1.54, 1.807) is 11.8 Å². The van der Waals surface area contributed by atoms with Crippen LogP contribution in [0.1, 0.15) is 29.9 Å². The third-order valence-electron chi connectivity index (χ3n) is 3.12. The Labute approximate surface area is 111 Å². The molecule has 2 heterocycles. The number of hydrogen-bond acceptors (Lipinski definition) is 4. The minimum absolute atomic E-state index is 0.882. The summed E-state index contributed by atoms with van der Waals surface area (Å²) >= 11 is 1.73. The Morgan fingerprint density at radius 2 is 1.83 bits per heavy atom. The molecule has 0 N–H and O–H groups in total. The molecule has 1 aliphatic carbocycles. The fourth-order valence-corrected chi connectivity index (χ4v) is 3.28. The summed E-state index contributed by atoms with van der Waals surface area (Å²) in [6, 6.07) is 4.05. The summed E-state index contributed by atoms with van der Waals surface area (Å²) in [5.41, 5.74) is 2.61. The summed E-state index contributed by atoms with van der Waals surface area (Å²) in [4.78, 5) is 14.4. The molecule has 2 aromatic rings. The van der Waals surface area contributed by atoms with Crippen molar-refractivity contribution in [2.45, 2.75) is 42.5 Å². The summed E-state index contributed by atoms with van der Waals surface area (Å²) in [6.45, 7) is 1.98. The molecule has 0 spiro atoms. The molecule has 0 atom stereocenters. The molecule has 0 radical (unpaired) electrons. The van der Waals surface area contributed by atoms with Crippen molar-refractivity contribution in [1.82, 2.24) is 15.0 Å². The summed E-state index contributed by atoms with van der Waals surface area (Å²) in [5.74, 6) is 0.882. The van der Waals surface area contributed by atoms with Gasteiger partial charge in [0, 0.05) is 28.5 Å². The highest BCUT2D eigenvalue weighted by Gasteiger charge is 2.17. The Kier molecular flexibility index (Phi) is 3.28. The smallest absolute Gasteiger partial charge is 0.126 e. The van der Waals surface area contributed by atoms with Gasteiger partial charge in [0.2, 0.25) is 0 Å². The van der Waals surface area contributed by atoms with Crippen LogP contribution in [0.25, 0.3) is 0 Å². The van der Waals surface area contributed by atoms with Gasteiger partial charge in [-0.15, -0.1) is 0 Å². The van der Waals surface area contributed by atoms with Crippen molar-refractivity contribution in [2.75, 3.05) is 0 Å². The van der Waals surface area contributed by atoms with E-state index >= 15 is 0 Å². The van der Waals surface area contributed by atoms with Crippen molar-refractivity contribution in [3.05, 3.63) is 41.6 Å². The molecule has 0 unspecified atom stereocenters. The summed E-state index contributed by atoms with van der Waals surface area (Å²) in [6.07, 6.45) is 8.36. The van der Waals surface area contributed by atoms with E-state index in [0.717, 1.165) is 23.7 Å². The van der Waals surface area contributed by atoms with Gasteiger partial charge in [-0.1, -0.05) is 11.8 Å². The first kappa shape index (κ1) is 11.7. The third-order valence-corrected chi connectivity index (χ3v) is 4.16. The van der Waals surface area contributed by atoms with Gasteiger partial charge in [-0.05, 0) is 44.7 Å². The number of pyridine rings is 1. The van der Waals surface area contributed by atoms with Gasteiger partial charge in [0.05, 0.1) is 0 Å². The van der Waals surface area contributed by atoms with Crippen molar-refractivity contribution in [3.63, 3.8) is 0 Å². The van der Waals surface area contributed by atoms with Crippen LogP contribution in [0.3, 0.4) is 0 Å². The number of rotatable bonds is 2. The average molecular weight is 257 g/mol. The number of nitrogens with zero attached hydrogens (tertiary/aromatic N) is 3. The Morgan fingerprint density at radius 3 is 2.67 bits per heavy atom. The average Bonchev–Trinajstić information content (AvgIpc) is 2.40. The van der Waals surface area contributed by atoms with Gasteiger partial charge in [0.15, 0.2) is 0 Å². The van der Waals surface area contributed by atoms with Crippen LogP contribution in [-0.4, -0.2) is 15.0 Å². The van der Waals surface area contributed by atoms with Crippen LogP contribution in [0, 0.1) is 6.92 Å². The zero-order valence-electron chi connectivity index (χ0n) is 10.4. The molecule has 0 saturated heterocycles. The fraction of sp³-hybridized carbons (Fsp3) is 0.357. The normalized spacial score (nSPS) is 14.3. The largest absolute Gasteiger partial charge is 0.265 e. The van der Waals surface area contributed by atoms with E-state index in [9.17, 15) is 0 Å². The molecular formula is C14H15N3S. The highest BCUT2D eigenvalue weighted by molar-refractivity contribution is 7.99. The molecule has 0 amide bonds. The first-order valence-electron chi connectivity index (χ1n) is 6.27. The molecule has 0 aromatic carbocycles. The molecule has 1 aliphatic rings. The lowest BCUT2D eigenvalue weighted by molar-refractivity contribution is 0.640. The SMILES string of the molecule is Cc1nc2c(c(Sc3ccncc3)n1)CCCC2. The maximum atomic E-state index is 4.61. The van der Waals surface area contributed by atoms with E-state index < -0.39 is 0 Å². The van der Waals surface area contributed by atoms with Crippen molar-refractivity contribution in [2.24, 2.45) is 0 Å². The van der Waals surface area contributed by atoms with E-state index in [0.29, 0.717) is 0 Å². The molecule has 0 saturated carbocycles. The van der Waals surface area contributed by atoms with Crippen LogP contribution in [-0.2, 0) is 12.8 Å². The number of fused-ring (bicyclic) bond motifs is 1. The highest BCUT2D eigenvalue weighted by atomic mass is 32.2. The summed E-state index contributed by atoms with van der Waals surface area (Å²) in [5, 5.41) is 1.13. The van der Waals surface area contributed by atoms with E-state index in [4.69, 9.17) is 0 Å². The lowest BCUT2D eigenvalue weighted by atomic mass is 9.97. The number of aryl methyl sites for hydroxylation is 2. The van der Waals surface area contributed by atoms with Crippen LogP contribution >= 0.6 is 11.8 Å². The van der Waals surface area contributed by atoms with E-state index in [2.05, 4.69) is 15.0 Å². The molecule has 0 bridgehead atoms. The lowest BCUT2D eigenvalue weighted by Crippen LogP contribution is -2.10. The molecule has 3 rings (SSSR count). The summed E-state index contributed by atoms with van der Waals surface area (Å²) < 4.78 is 0. The molecule has 92 valence electrons. The standard InChI is InChI=1S/C14H15N3S/c1-10-16-13-5-3-2-4-12(13)14(17-10)18-11-6-8-15-9-7-11/h6-9H,2-5H2,1H3. The van der Waals surface area contributed by atoms with Crippen LogP contribution in [0.15, 0.2) is 34.4 Å². The van der Waals surface area contributed by atoms with Crippen LogP contribution in [0.2, 0.25) is 0 Å². The molecule has 18 heavy (non-hydrogen) atoms. The van der Waals surface area contributed by atoms with Gasteiger partial charge in [0.25, 0.3) is 0 Å². The maximum Gasteiger partial charge on any atom is 0.126 e. The van der Waals surface area contributed by atoms with Gasteiger partial charge in [-0.2, -0.15) is 0 Å². The van der Waals surface area contributed by atoms with E-state index in [1.807, 2.05) is 31.5 Å². The first-order chi connectivity index (χ1) is 8.83. The summed E-state index contributed by atoms with van der Waals surface area (Å²) in [7, 11) is 0.